The van der Waals surface area contributed by atoms with Crippen molar-refractivity contribution in [3.63, 3.8) is 0 Å². The molecule has 0 unspecified atom stereocenters. The number of benzene rings is 4. The van der Waals surface area contributed by atoms with Gasteiger partial charge in [0.05, 0.1) is 26.9 Å². The monoisotopic (exact) mass is 518 g/mol. The molecule has 1 aliphatic carbocycles. The van der Waals surface area contributed by atoms with Crippen LogP contribution >= 0.6 is 0 Å². The summed E-state index contributed by atoms with van der Waals surface area (Å²) in [5.41, 5.74) is 3.49. The maximum absolute atomic E-state index is 14.3. The number of amides is 2. The second kappa shape index (κ2) is 8.11. The fourth-order valence-electron chi connectivity index (χ4n) is 6.87. The molecule has 2 aliphatic heterocycles. The van der Waals surface area contributed by atoms with Gasteiger partial charge in [-0.3, -0.25) is 14.5 Å². The zero-order valence-electron chi connectivity index (χ0n) is 21.8. The Kier molecular flexibility index (Phi) is 4.85. The Morgan fingerprint density at radius 1 is 0.718 bits per heavy atom. The molecule has 39 heavy (non-hydrogen) atoms. The number of nitrogens with one attached hydrogen (secondary N) is 1. The fourth-order valence-corrected chi connectivity index (χ4v) is 6.87. The lowest BCUT2D eigenvalue weighted by Crippen LogP contribution is -2.47. The molecule has 1 N–H and O–H groups in total. The Hall–Kier alpha value is -4.78. The summed E-state index contributed by atoms with van der Waals surface area (Å²) < 4.78 is 17.1. The van der Waals surface area contributed by atoms with Gasteiger partial charge in [-0.05, 0) is 59.2 Å². The highest BCUT2D eigenvalue weighted by molar-refractivity contribution is 6.14. The number of carbonyl (C=O) groups is 2. The van der Waals surface area contributed by atoms with E-state index < -0.39 is 11.1 Å². The van der Waals surface area contributed by atoms with Crippen LogP contribution in [0.25, 0.3) is 0 Å². The van der Waals surface area contributed by atoms with E-state index in [1.165, 1.54) is 0 Å². The first-order valence-electron chi connectivity index (χ1n) is 12.8. The van der Waals surface area contributed by atoms with E-state index >= 15 is 0 Å². The van der Waals surface area contributed by atoms with E-state index in [0.29, 0.717) is 34.8 Å². The van der Waals surface area contributed by atoms with Gasteiger partial charge in [-0.25, -0.2) is 0 Å². The molecule has 2 heterocycles. The molecule has 0 saturated heterocycles. The Balaban J connectivity index is 1.60. The van der Waals surface area contributed by atoms with E-state index in [1.54, 1.807) is 21.3 Å². The van der Waals surface area contributed by atoms with Crippen molar-refractivity contribution in [1.82, 2.24) is 5.32 Å². The third-order valence-electron chi connectivity index (χ3n) is 8.40. The number of hydrogen-bond acceptors (Lipinski definition) is 5. The fraction of sp³-hybridized carbons (Fsp3) is 0.188. The zero-order valence-corrected chi connectivity index (χ0v) is 21.8. The quantitative estimate of drug-likeness (QED) is 0.411. The zero-order chi connectivity index (χ0) is 26.9. The maximum Gasteiger partial charge on any atom is 0.259 e. The van der Waals surface area contributed by atoms with Gasteiger partial charge in [0.2, 0.25) is 0 Å². The molecule has 2 atom stereocenters. The highest BCUT2D eigenvalue weighted by Gasteiger charge is 2.65. The van der Waals surface area contributed by atoms with Crippen molar-refractivity contribution in [2.75, 3.05) is 26.2 Å². The highest BCUT2D eigenvalue weighted by atomic mass is 16.5. The van der Waals surface area contributed by atoms with Crippen LogP contribution in [0.5, 0.6) is 17.2 Å². The van der Waals surface area contributed by atoms with Crippen LogP contribution in [-0.4, -0.2) is 33.1 Å². The molecule has 194 valence electrons. The molecule has 0 fully saturated rings. The number of fused-ring (bicyclic) bond motifs is 7. The minimum absolute atomic E-state index is 0.116. The van der Waals surface area contributed by atoms with Crippen LogP contribution in [0.3, 0.4) is 0 Å². The van der Waals surface area contributed by atoms with Gasteiger partial charge in [0.15, 0.2) is 0 Å². The van der Waals surface area contributed by atoms with E-state index in [1.807, 2.05) is 89.8 Å². The van der Waals surface area contributed by atoms with Crippen molar-refractivity contribution in [2.24, 2.45) is 0 Å². The Morgan fingerprint density at radius 3 is 2.08 bits per heavy atom. The second-order valence-electron chi connectivity index (χ2n) is 10.1. The minimum atomic E-state index is -0.972. The molecule has 7 nitrogen and oxygen atoms in total. The van der Waals surface area contributed by atoms with Crippen LogP contribution in [0.4, 0.5) is 5.69 Å². The van der Waals surface area contributed by atoms with Gasteiger partial charge in [-0.2, -0.15) is 0 Å². The van der Waals surface area contributed by atoms with Gasteiger partial charge < -0.3 is 19.5 Å². The average molecular weight is 519 g/mol. The van der Waals surface area contributed by atoms with Gasteiger partial charge in [0.25, 0.3) is 11.8 Å². The molecule has 7 heteroatoms. The molecular weight excluding hydrogens is 492 g/mol. The number of nitrogens with zero attached hydrogens (tertiary/aromatic N) is 1. The normalized spacial score (nSPS) is 22.1. The summed E-state index contributed by atoms with van der Waals surface area (Å²) in [6, 6.07) is 26.6. The first-order chi connectivity index (χ1) is 19.0. The van der Waals surface area contributed by atoms with Crippen LogP contribution in [0.15, 0.2) is 84.9 Å². The number of anilines is 1. The van der Waals surface area contributed by atoms with Crippen molar-refractivity contribution in [3.8, 4) is 17.2 Å². The molecular formula is C32H26N2O5. The summed E-state index contributed by atoms with van der Waals surface area (Å²) >= 11 is 0. The molecule has 4 aromatic carbocycles. The van der Waals surface area contributed by atoms with E-state index in [0.717, 1.165) is 27.9 Å². The average Bonchev–Trinajstić information content (AvgIpc) is 3.53. The van der Waals surface area contributed by atoms with Gasteiger partial charge in [-0.15, -0.1) is 0 Å². The Bertz CT molecular complexity index is 1680. The van der Waals surface area contributed by atoms with Gasteiger partial charge >= 0.3 is 0 Å². The lowest BCUT2D eigenvalue weighted by molar-refractivity contribution is 0.0936. The molecule has 2 spiro atoms. The van der Waals surface area contributed by atoms with Crippen LogP contribution in [-0.2, 0) is 11.1 Å². The van der Waals surface area contributed by atoms with Crippen LogP contribution in [0, 0.1) is 0 Å². The van der Waals surface area contributed by atoms with Crippen molar-refractivity contribution >= 4 is 17.5 Å². The van der Waals surface area contributed by atoms with Crippen molar-refractivity contribution in [1.29, 1.82) is 0 Å². The lowest BCUT2D eigenvalue weighted by atomic mass is 9.80. The third-order valence-corrected chi connectivity index (χ3v) is 8.40. The standard InChI is InChI=1S/C32H26N2O5/c1-37-20-14-12-19(13-15-20)34-30(36)23-9-5-7-11-25(23)32(34)18-31(24-10-6-4-8-22(24)29(35)33-31)26-16-21(38-2)17-27(39-3)28(26)32/h4-17H,18H2,1-3H3,(H,33,35)/t31-,32-/m1/s1. The summed E-state index contributed by atoms with van der Waals surface area (Å²) in [4.78, 5) is 29.6. The summed E-state index contributed by atoms with van der Waals surface area (Å²) in [6.45, 7) is 0. The number of hydrogen-bond donors (Lipinski definition) is 1. The number of carbonyl (C=O) groups excluding carboxylic acids is 2. The third kappa shape index (κ3) is 2.87. The Morgan fingerprint density at radius 2 is 1.38 bits per heavy atom. The molecule has 0 saturated carbocycles. The summed E-state index contributed by atoms with van der Waals surface area (Å²) in [6.07, 6.45) is 0.385. The predicted molar refractivity (Wildman–Crippen MR) is 146 cm³/mol. The van der Waals surface area contributed by atoms with E-state index in [-0.39, 0.29) is 11.8 Å². The number of methoxy groups -OCH3 is 3. The first kappa shape index (κ1) is 23.3. The summed E-state index contributed by atoms with van der Waals surface area (Å²) in [7, 11) is 4.84. The molecule has 3 aliphatic rings. The van der Waals surface area contributed by atoms with Gasteiger partial charge in [0.1, 0.15) is 22.8 Å². The van der Waals surface area contributed by atoms with Crippen LogP contribution in [0.1, 0.15) is 49.4 Å². The molecule has 2 amide bonds. The molecule has 7 rings (SSSR count). The largest absolute Gasteiger partial charge is 0.497 e. The highest BCUT2D eigenvalue weighted by Crippen LogP contribution is 2.64. The summed E-state index contributed by atoms with van der Waals surface area (Å²) in [5, 5.41) is 3.33. The topological polar surface area (TPSA) is 77.1 Å². The van der Waals surface area contributed by atoms with E-state index in [2.05, 4.69) is 5.32 Å². The molecule has 4 aromatic rings. The number of ether oxygens (including phenoxy) is 3. The molecule has 0 radical (unpaired) electrons. The van der Waals surface area contributed by atoms with Crippen molar-refractivity contribution in [3.05, 3.63) is 118 Å². The Labute approximate surface area is 225 Å². The second-order valence-corrected chi connectivity index (χ2v) is 10.1. The number of rotatable bonds is 4. The van der Waals surface area contributed by atoms with E-state index in [9.17, 15) is 9.59 Å². The first-order valence-corrected chi connectivity index (χ1v) is 12.8. The van der Waals surface area contributed by atoms with Gasteiger partial charge in [0, 0.05) is 34.9 Å². The van der Waals surface area contributed by atoms with Crippen molar-refractivity contribution < 1.29 is 23.8 Å². The SMILES string of the molecule is COc1ccc(N2C(=O)c3ccccc3[C@@]23C[C@]2(NC(=O)c4ccccc42)c2cc(OC)cc(OC)c23)cc1. The van der Waals surface area contributed by atoms with Crippen molar-refractivity contribution in [2.45, 2.75) is 17.5 Å². The lowest BCUT2D eigenvalue weighted by Gasteiger charge is -2.39. The van der Waals surface area contributed by atoms with E-state index in [4.69, 9.17) is 14.2 Å². The van der Waals surface area contributed by atoms with Crippen LogP contribution < -0.4 is 24.4 Å². The van der Waals surface area contributed by atoms with Gasteiger partial charge in [-0.1, -0.05) is 36.4 Å². The smallest absolute Gasteiger partial charge is 0.259 e. The minimum Gasteiger partial charge on any atom is -0.497 e. The van der Waals surface area contributed by atoms with Crippen LogP contribution in [0.2, 0.25) is 0 Å². The molecule has 0 bridgehead atoms. The molecule has 0 aromatic heterocycles. The summed E-state index contributed by atoms with van der Waals surface area (Å²) in [5.74, 6) is 1.62. The maximum atomic E-state index is 14.3. The predicted octanol–water partition coefficient (Wildman–Crippen LogP) is 5.01.